The molecule has 1 aliphatic heterocycles. The molecule has 1 aliphatic rings. The Labute approximate surface area is 81.1 Å². The number of aromatic amines is 1. The fourth-order valence-corrected chi connectivity index (χ4v) is 1.78. The van der Waals surface area contributed by atoms with Crippen molar-refractivity contribution in [3.05, 3.63) is 17.5 Å². The molecule has 1 aromatic rings. The van der Waals surface area contributed by atoms with Crippen LogP contribution in [0.4, 0.5) is 0 Å². The molecule has 14 heavy (non-hydrogen) atoms. The first-order chi connectivity index (χ1) is 6.79. The predicted molar refractivity (Wildman–Crippen MR) is 48.3 cm³/mol. The van der Waals surface area contributed by atoms with E-state index in [1.54, 1.807) is 6.20 Å². The molecule has 0 aromatic carbocycles. The van der Waals surface area contributed by atoms with Gasteiger partial charge in [-0.3, -0.25) is 5.10 Å². The van der Waals surface area contributed by atoms with E-state index in [9.17, 15) is 4.79 Å². The Balaban J connectivity index is 2.21. The van der Waals surface area contributed by atoms with Crippen molar-refractivity contribution < 1.29 is 14.6 Å². The second-order valence-corrected chi connectivity index (χ2v) is 3.39. The lowest BCUT2D eigenvalue weighted by atomic mass is 9.92. The fourth-order valence-electron chi connectivity index (χ4n) is 1.78. The van der Waals surface area contributed by atoms with Crippen LogP contribution in [0.5, 0.6) is 0 Å². The Morgan fingerprint density at radius 3 is 2.93 bits per heavy atom. The van der Waals surface area contributed by atoms with Crippen LogP contribution < -0.4 is 0 Å². The Morgan fingerprint density at radius 2 is 2.29 bits per heavy atom. The monoisotopic (exact) mass is 196 g/mol. The van der Waals surface area contributed by atoms with Gasteiger partial charge in [0.15, 0.2) is 0 Å². The highest BCUT2D eigenvalue weighted by Gasteiger charge is 2.22. The maximum Gasteiger partial charge on any atom is 0.354 e. The third kappa shape index (κ3) is 1.63. The molecule has 2 N–H and O–H groups in total. The first-order valence-electron chi connectivity index (χ1n) is 4.63. The van der Waals surface area contributed by atoms with Gasteiger partial charge in [-0.2, -0.15) is 5.10 Å². The SMILES string of the molecule is O=C(O)c1[nH]ncc1C1CCOCC1. The lowest BCUT2D eigenvalue weighted by Crippen LogP contribution is -2.16. The van der Waals surface area contributed by atoms with Gasteiger partial charge in [0.2, 0.25) is 0 Å². The molecule has 2 heterocycles. The second-order valence-electron chi connectivity index (χ2n) is 3.39. The number of hydrogen-bond donors (Lipinski definition) is 2. The maximum atomic E-state index is 10.8. The number of H-pyrrole nitrogens is 1. The summed E-state index contributed by atoms with van der Waals surface area (Å²) in [5.74, 6) is -0.669. The number of carboxylic acids is 1. The summed E-state index contributed by atoms with van der Waals surface area (Å²) in [7, 11) is 0. The van der Waals surface area contributed by atoms with Crippen molar-refractivity contribution in [2.45, 2.75) is 18.8 Å². The molecule has 2 rings (SSSR count). The Hall–Kier alpha value is -1.36. The third-order valence-corrected chi connectivity index (χ3v) is 2.54. The standard InChI is InChI=1S/C9H12N2O3/c12-9(13)8-7(5-10-11-8)6-1-3-14-4-2-6/h5-6H,1-4H2,(H,10,11)(H,12,13). The van der Waals surface area contributed by atoms with E-state index in [2.05, 4.69) is 10.2 Å². The minimum absolute atomic E-state index is 0.219. The Bertz CT molecular complexity index is 329. The topological polar surface area (TPSA) is 75.2 Å². The molecule has 0 unspecified atom stereocenters. The summed E-state index contributed by atoms with van der Waals surface area (Å²) in [4.78, 5) is 10.8. The van der Waals surface area contributed by atoms with Gasteiger partial charge in [-0.15, -0.1) is 0 Å². The van der Waals surface area contributed by atoms with Gasteiger partial charge >= 0.3 is 5.97 Å². The highest BCUT2D eigenvalue weighted by atomic mass is 16.5. The number of aromatic nitrogens is 2. The normalized spacial score (nSPS) is 18.3. The quantitative estimate of drug-likeness (QED) is 0.740. The fraction of sp³-hybridized carbons (Fsp3) is 0.556. The highest BCUT2D eigenvalue weighted by molar-refractivity contribution is 5.87. The van der Waals surface area contributed by atoms with E-state index in [1.807, 2.05) is 0 Å². The maximum absolute atomic E-state index is 10.8. The lowest BCUT2D eigenvalue weighted by molar-refractivity contribution is 0.0679. The third-order valence-electron chi connectivity index (χ3n) is 2.54. The molecule has 0 spiro atoms. The number of carbonyl (C=O) groups is 1. The van der Waals surface area contributed by atoms with Gasteiger partial charge in [-0.1, -0.05) is 0 Å². The van der Waals surface area contributed by atoms with Crippen LogP contribution in [-0.4, -0.2) is 34.5 Å². The van der Waals surface area contributed by atoms with E-state index in [0.29, 0.717) is 13.2 Å². The van der Waals surface area contributed by atoms with E-state index >= 15 is 0 Å². The van der Waals surface area contributed by atoms with E-state index in [0.717, 1.165) is 18.4 Å². The van der Waals surface area contributed by atoms with Crippen molar-refractivity contribution in [2.75, 3.05) is 13.2 Å². The molecule has 0 bridgehead atoms. The van der Waals surface area contributed by atoms with Crippen LogP contribution >= 0.6 is 0 Å². The van der Waals surface area contributed by atoms with Gasteiger partial charge in [0.25, 0.3) is 0 Å². The van der Waals surface area contributed by atoms with Crippen molar-refractivity contribution in [1.29, 1.82) is 0 Å². The molecular formula is C9H12N2O3. The average Bonchev–Trinajstić information content (AvgIpc) is 2.67. The number of nitrogens with zero attached hydrogens (tertiary/aromatic N) is 1. The van der Waals surface area contributed by atoms with Crippen LogP contribution in [0, 0.1) is 0 Å². The van der Waals surface area contributed by atoms with Crippen molar-refractivity contribution in [3.63, 3.8) is 0 Å². The van der Waals surface area contributed by atoms with Gasteiger partial charge in [0, 0.05) is 18.8 Å². The highest BCUT2D eigenvalue weighted by Crippen LogP contribution is 2.28. The number of carboxylic acid groups (broad SMARTS) is 1. The number of aromatic carboxylic acids is 1. The smallest absolute Gasteiger partial charge is 0.354 e. The summed E-state index contributed by atoms with van der Waals surface area (Å²) >= 11 is 0. The summed E-state index contributed by atoms with van der Waals surface area (Å²) in [6.07, 6.45) is 3.36. The minimum atomic E-state index is -0.941. The molecule has 0 radical (unpaired) electrons. The molecule has 1 fully saturated rings. The van der Waals surface area contributed by atoms with Crippen LogP contribution in [0.25, 0.3) is 0 Å². The summed E-state index contributed by atoms with van der Waals surface area (Å²) < 4.78 is 5.22. The number of nitrogens with one attached hydrogen (secondary N) is 1. The van der Waals surface area contributed by atoms with E-state index in [1.165, 1.54) is 0 Å². The molecule has 0 aliphatic carbocycles. The minimum Gasteiger partial charge on any atom is -0.477 e. The Morgan fingerprint density at radius 1 is 1.57 bits per heavy atom. The molecule has 5 heteroatoms. The van der Waals surface area contributed by atoms with Gasteiger partial charge in [-0.25, -0.2) is 4.79 Å². The molecule has 0 saturated carbocycles. The van der Waals surface area contributed by atoms with Crippen molar-refractivity contribution in [1.82, 2.24) is 10.2 Å². The molecular weight excluding hydrogens is 184 g/mol. The van der Waals surface area contributed by atoms with Crippen molar-refractivity contribution in [2.24, 2.45) is 0 Å². The summed E-state index contributed by atoms with van der Waals surface area (Å²) in [6, 6.07) is 0. The summed E-state index contributed by atoms with van der Waals surface area (Å²) in [6.45, 7) is 1.41. The van der Waals surface area contributed by atoms with Crippen LogP contribution in [0.2, 0.25) is 0 Å². The van der Waals surface area contributed by atoms with Crippen LogP contribution in [0.1, 0.15) is 34.8 Å². The number of rotatable bonds is 2. The predicted octanol–water partition coefficient (Wildman–Crippen LogP) is 1.00. The lowest BCUT2D eigenvalue weighted by Gasteiger charge is -2.21. The van der Waals surface area contributed by atoms with E-state index in [4.69, 9.17) is 9.84 Å². The first-order valence-corrected chi connectivity index (χ1v) is 4.63. The zero-order chi connectivity index (χ0) is 9.97. The molecule has 0 atom stereocenters. The summed E-state index contributed by atoms with van der Waals surface area (Å²) in [5.41, 5.74) is 1.03. The molecule has 1 saturated heterocycles. The first kappa shape index (κ1) is 9.21. The zero-order valence-electron chi connectivity index (χ0n) is 7.69. The number of ether oxygens (including phenoxy) is 1. The number of hydrogen-bond acceptors (Lipinski definition) is 3. The van der Waals surface area contributed by atoms with Crippen molar-refractivity contribution >= 4 is 5.97 Å². The molecule has 76 valence electrons. The van der Waals surface area contributed by atoms with Gasteiger partial charge in [0.1, 0.15) is 5.69 Å². The van der Waals surface area contributed by atoms with Gasteiger partial charge in [-0.05, 0) is 18.8 Å². The van der Waals surface area contributed by atoms with Crippen LogP contribution in [-0.2, 0) is 4.74 Å². The van der Waals surface area contributed by atoms with Crippen molar-refractivity contribution in [3.8, 4) is 0 Å². The molecule has 1 aromatic heterocycles. The van der Waals surface area contributed by atoms with E-state index < -0.39 is 5.97 Å². The van der Waals surface area contributed by atoms with Crippen LogP contribution in [0.3, 0.4) is 0 Å². The Kier molecular flexibility index (Phi) is 2.49. The van der Waals surface area contributed by atoms with Crippen LogP contribution in [0.15, 0.2) is 6.20 Å². The zero-order valence-corrected chi connectivity index (χ0v) is 7.69. The molecule has 5 nitrogen and oxygen atoms in total. The average molecular weight is 196 g/mol. The largest absolute Gasteiger partial charge is 0.477 e. The molecule has 0 amide bonds. The van der Waals surface area contributed by atoms with Gasteiger partial charge < -0.3 is 9.84 Å². The van der Waals surface area contributed by atoms with Gasteiger partial charge in [0.05, 0.1) is 6.20 Å². The van der Waals surface area contributed by atoms with E-state index in [-0.39, 0.29) is 11.6 Å². The summed E-state index contributed by atoms with van der Waals surface area (Å²) in [5, 5.41) is 15.2. The second kappa shape index (κ2) is 3.79.